The van der Waals surface area contributed by atoms with Crippen LogP contribution in [0.2, 0.25) is 0 Å². The number of aliphatic hydroxyl groups excluding tert-OH is 1. The highest BCUT2D eigenvalue weighted by atomic mass is 19.1. The number of aliphatic hydroxyl groups is 1. The van der Waals surface area contributed by atoms with Gasteiger partial charge in [0.15, 0.2) is 0 Å². The number of hydrogen-bond acceptors (Lipinski definition) is 3. The topological polar surface area (TPSA) is 36.4 Å². The molecule has 1 N–H and O–H groups in total. The average molecular weight is 264 g/mol. The lowest BCUT2D eigenvalue weighted by molar-refractivity contribution is 0.281. The molecule has 1 aromatic carbocycles. The fourth-order valence-electron chi connectivity index (χ4n) is 1.87. The molecule has 2 aromatic rings. The van der Waals surface area contributed by atoms with E-state index in [1.54, 1.807) is 24.1 Å². The average Bonchev–Trinajstić information content (AvgIpc) is 2.41. The smallest absolute Gasteiger partial charge is 0.142 e. The highest BCUT2D eigenvalue weighted by Gasteiger charge is 2.10. The Bertz CT molecular complexity index is 558. The first-order valence-electron chi connectivity index (χ1n) is 5.81. The second-order valence-corrected chi connectivity index (χ2v) is 4.28. The molecular weight excluding hydrogens is 250 g/mol. The van der Waals surface area contributed by atoms with Crippen LogP contribution in [0.4, 0.5) is 14.6 Å². The number of benzene rings is 1. The van der Waals surface area contributed by atoms with Crippen molar-refractivity contribution in [3.63, 3.8) is 0 Å². The van der Waals surface area contributed by atoms with Crippen molar-refractivity contribution in [3.05, 3.63) is 59.3 Å². The van der Waals surface area contributed by atoms with Gasteiger partial charge in [-0.1, -0.05) is 12.1 Å². The van der Waals surface area contributed by atoms with Crippen LogP contribution in [0.5, 0.6) is 0 Å². The Morgan fingerprint density at radius 2 is 1.84 bits per heavy atom. The summed E-state index contributed by atoms with van der Waals surface area (Å²) in [5.74, 6) is -0.265. The van der Waals surface area contributed by atoms with Crippen LogP contribution < -0.4 is 4.90 Å². The van der Waals surface area contributed by atoms with Gasteiger partial charge in [-0.15, -0.1) is 0 Å². The van der Waals surface area contributed by atoms with Crippen LogP contribution in [0.1, 0.15) is 11.1 Å². The van der Waals surface area contributed by atoms with E-state index < -0.39 is 5.82 Å². The molecule has 5 heteroatoms. The van der Waals surface area contributed by atoms with Crippen LogP contribution in [0.25, 0.3) is 0 Å². The Balaban J connectivity index is 2.19. The van der Waals surface area contributed by atoms with Crippen LogP contribution in [0.3, 0.4) is 0 Å². The standard InChI is InChI=1S/C14H14F2N2O/c1-18(8-10-2-4-12(15)5-3-10)14-11(9-19)6-13(16)7-17-14/h2-7,19H,8-9H2,1H3. The molecule has 0 atom stereocenters. The zero-order chi connectivity index (χ0) is 13.8. The van der Waals surface area contributed by atoms with E-state index in [-0.39, 0.29) is 12.4 Å². The predicted octanol–water partition coefficient (Wildman–Crippen LogP) is 2.49. The molecular formula is C14H14F2N2O. The van der Waals surface area contributed by atoms with Crippen LogP contribution in [-0.2, 0) is 13.2 Å². The zero-order valence-electron chi connectivity index (χ0n) is 10.5. The van der Waals surface area contributed by atoms with E-state index >= 15 is 0 Å². The molecule has 0 bridgehead atoms. The van der Waals surface area contributed by atoms with Crippen molar-refractivity contribution in [1.29, 1.82) is 0 Å². The van der Waals surface area contributed by atoms with Crippen molar-refractivity contribution >= 4 is 5.82 Å². The fraction of sp³-hybridized carbons (Fsp3) is 0.214. The summed E-state index contributed by atoms with van der Waals surface area (Å²) >= 11 is 0. The number of halogens is 2. The largest absolute Gasteiger partial charge is 0.392 e. The van der Waals surface area contributed by atoms with Gasteiger partial charge in [-0.3, -0.25) is 0 Å². The zero-order valence-corrected chi connectivity index (χ0v) is 10.5. The van der Waals surface area contributed by atoms with Gasteiger partial charge in [-0.05, 0) is 23.8 Å². The van der Waals surface area contributed by atoms with Gasteiger partial charge in [-0.25, -0.2) is 13.8 Å². The first kappa shape index (κ1) is 13.4. The van der Waals surface area contributed by atoms with Crippen LogP contribution in [0, 0.1) is 11.6 Å². The highest BCUT2D eigenvalue weighted by Crippen LogP contribution is 2.19. The predicted molar refractivity (Wildman–Crippen MR) is 68.6 cm³/mol. The molecule has 0 aliphatic heterocycles. The normalized spacial score (nSPS) is 10.5. The maximum atomic E-state index is 13.0. The third-order valence-corrected chi connectivity index (χ3v) is 2.77. The van der Waals surface area contributed by atoms with Crippen molar-refractivity contribution in [1.82, 2.24) is 4.98 Å². The highest BCUT2D eigenvalue weighted by molar-refractivity contribution is 5.46. The minimum absolute atomic E-state index is 0.284. The van der Waals surface area contributed by atoms with Gasteiger partial charge < -0.3 is 10.0 Å². The monoisotopic (exact) mass is 264 g/mol. The lowest BCUT2D eigenvalue weighted by Crippen LogP contribution is -2.19. The van der Waals surface area contributed by atoms with E-state index in [9.17, 15) is 13.9 Å². The Kier molecular flexibility index (Phi) is 4.06. The van der Waals surface area contributed by atoms with Crippen molar-refractivity contribution < 1.29 is 13.9 Å². The molecule has 0 aliphatic carbocycles. The lowest BCUT2D eigenvalue weighted by Gasteiger charge is -2.20. The van der Waals surface area contributed by atoms with Gasteiger partial charge in [-0.2, -0.15) is 0 Å². The summed E-state index contributed by atoms with van der Waals surface area (Å²) in [5.41, 5.74) is 1.32. The van der Waals surface area contributed by atoms with E-state index in [0.29, 0.717) is 17.9 Å². The van der Waals surface area contributed by atoms with Crippen molar-refractivity contribution in [2.45, 2.75) is 13.2 Å². The number of rotatable bonds is 4. The minimum atomic E-state index is -0.483. The van der Waals surface area contributed by atoms with Gasteiger partial charge >= 0.3 is 0 Å². The van der Waals surface area contributed by atoms with Crippen LogP contribution in [0.15, 0.2) is 36.5 Å². The van der Waals surface area contributed by atoms with E-state index in [4.69, 9.17) is 0 Å². The summed E-state index contributed by atoms with van der Waals surface area (Å²) < 4.78 is 25.8. The van der Waals surface area contributed by atoms with E-state index in [1.807, 2.05) is 0 Å². The molecule has 0 saturated carbocycles. The molecule has 0 unspecified atom stereocenters. The van der Waals surface area contributed by atoms with E-state index in [2.05, 4.69) is 4.98 Å². The van der Waals surface area contributed by atoms with Gasteiger partial charge in [0, 0.05) is 19.2 Å². The van der Waals surface area contributed by atoms with Gasteiger partial charge in [0.2, 0.25) is 0 Å². The molecule has 19 heavy (non-hydrogen) atoms. The Hall–Kier alpha value is -2.01. The third kappa shape index (κ3) is 3.26. The molecule has 2 rings (SSSR count). The first-order chi connectivity index (χ1) is 9.10. The second-order valence-electron chi connectivity index (χ2n) is 4.28. The summed E-state index contributed by atoms with van der Waals surface area (Å²) in [6.07, 6.45) is 1.11. The van der Waals surface area contributed by atoms with E-state index in [1.165, 1.54) is 18.2 Å². The molecule has 100 valence electrons. The SMILES string of the molecule is CN(Cc1ccc(F)cc1)c1ncc(F)cc1CO. The Labute approximate surface area is 110 Å². The van der Waals surface area contributed by atoms with Gasteiger partial charge in [0.1, 0.15) is 17.5 Å². The molecule has 0 radical (unpaired) electrons. The minimum Gasteiger partial charge on any atom is -0.392 e. The Morgan fingerprint density at radius 1 is 1.16 bits per heavy atom. The number of aromatic nitrogens is 1. The Morgan fingerprint density at radius 3 is 2.47 bits per heavy atom. The summed E-state index contributed by atoms with van der Waals surface area (Å²) in [4.78, 5) is 5.76. The molecule has 1 aromatic heterocycles. The van der Waals surface area contributed by atoms with Crippen molar-refractivity contribution in [2.75, 3.05) is 11.9 Å². The molecule has 3 nitrogen and oxygen atoms in total. The van der Waals surface area contributed by atoms with Crippen molar-refractivity contribution in [3.8, 4) is 0 Å². The maximum absolute atomic E-state index is 13.0. The molecule has 0 spiro atoms. The van der Waals surface area contributed by atoms with Crippen LogP contribution >= 0.6 is 0 Å². The van der Waals surface area contributed by atoms with E-state index in [0.717, 1.165) is 11.8 Å². The van der Waals surface area contributed by atoms with Crippen LogP contribution in [-0.4, -0.2) is 17.1 Å². The second kappa shape index (κ2) is 5.75. The molecule has 0 fully saturated rings. The first-order valence-corrected chi connectivity index (χ1v) is 5.81. The molecule has 0 saturated heterocycles. The summed E-state index contributed by atoms with van der Waals surface area (Å²) in [7, 11) is 1.78. The summed E-state index contributed by atoms with van der Waals surface area (Å²) in [6, 6.07) is 7.37. The molecule has 0 aliphatic rings. The maximum Gasteiger partial charge on any atom is 0.142 e. The summed E-state index contributed by atoms with van der Waals surface area (Å²) in [6.45, 7) is 0.208. The molecule has 1 heterocycles. The van der Waals surface area contributed by atoms with Gasteiger partial charge in [0.05, 0.1) is 12.8 Å². The van der Waals surface area contributed by atoms with Crippen molar-refractivity contribution in [2.24, 2.45) is 0 Å². The quantitative estimate of drug-likeness (QED) is 0.921. The fourth-order valence-corrected chi connectivity index (χ4v) is 1.87. The number of hydrogen-bond donors (Lipinski definition) is 1. The third-order valence-electron chi connectivity index (χ3n) is 2.77. The summed E-state index contributed by atoms with van der Waals surface area (Å²) in [5, 5.41) is 9.21. The molecule has 0 amide bonds. The number of pyridine rings is 1. The number of nitrogens with zero attached hydrogens (tertiary/aromatic N) is 2. The number of anilines is 1. The van der Waals surface area contributed by atoms with Gasteiger partial charge in [0.25, 0.3) is 0 Å². The lowest BCUT2D eigenvalue weighted by atomic mass is 10.2.